The Morgan fingerprint density at radius 2 is 2.09 bits per heavy atom. The van der Waals surface area contributed by atoms with E-state index in [1.165, 1.54) is 25.1 Å². The lowest BCUT2D eigenvalue weighted by Crippen LogP contribution is -3.14. The normalized spacial score (nSPS) is 16.0. The Hall–Kier alpha value is -0.880. The Morgan fingerprint density at radius 3 is 2.91 bits per heavy atom. The van der Waals surface area contributed by atoms with E-state index in [9.17, 15) is 0 Å². The standard InChI is InChI=1S/C18H33N3O2/c1-2-3-13-22-14-5-7-19-17-18-6-4-8-21(18)10-9-20-11-15-23-16-12-20/h4,6,8,19H,2-3,5,7,9-17H2,1H3/p+2. The molecule has 2 rings (SSSR count). The van der Waals surface area contributed by atoms with E-state index in [1.54, 1.807) is 4.90 Å². The summed E-state index contributed by atoms with van der Waals surface area (Å²) in [5.41, 5.74) is 1.43. The van der Waals surface area contributed by atoms with Crippen LogP contribution in [0.2, 0.25) is 0 Å². The molecule has 0 aliphatic carbocycles. The van der Waals surface area contributed by atoms with E-state index in [4.69, 9.17) is 9.47 Å². The monoisotopic (exact) mass is 325 g/mol. The molecule has 5 nitrogen and oxygen atoms in total. The summed E-state index contributed by atoms with van der Waals surface area (Å²) in [6.07, 6.45) is 5.76. The molecule has 0 unspecified atom stereocenters. The summed E-state index contributed by atoms with van der Waals surface area (Å²) in [6.45, 7) is 12.7. The zero-order chi connectivity index (χ0) is 16.2. The van der Waals surface area contributed by atoms with Gasteiger partial charge in [0.1, 0.15) is 19.6 Å². The quantitative estimate of drug-likeness (QED) is 0.517. The number of unbranched alkanes of at least 4 members (excludes halogenated alkanes) is 1. The third-order valence-corrected chi connectivity index (χ3v) is 4.52. The molecule has 23 heavy (non-hydrogen) atoms. The lowest BCUT2D eigenvalue weighted by atomic mass is 10.3. The minimum atomic E-state index is 0.901. The van der Waals surface area contributed by atoms with Gasteiger partial charge in [-0.25, -0.2) is 0 Å². The Morgan fingerprint density at radius 1 is 1.26 bits per heavy atom. The summed E-state index contributed by atoms with van der Waals surface area (Å²) in [4.78, 5) is 1.67. The number of nitrogens with zero attached hydrogens (tertiary/aromatic N) is 1. The SMILES string of the molecule is CCCCOCCC[NH2+]Cc1cccn1CC[NH+]1CCOCC1. The first-order valence-electron chi connectivity index (χ1n) is 9.35. The number of aromatic nitrogens is 1. The fraction of sp³-hybridized carbons (Fsp3) is 0.778. The van der Waals surface area contributed by atoms with Crippen molar-refractivity contribution < 1.29 is 19.7 Å². The molecule has 3 N–H and O–H groups in total. The van der Waals surface area contributed by atoms with Crippen molar-refractivity contribution in [3.63, 3.8) is 0 Å². The second-order valence-corrected chi connectivity index (χ2v) is 6.41. The smallest absolute Gasteiger partial charge is 0.116 e. The van der Waals surface area contributed by atoms with Crippen molar-refractivity contribution in [2.45, 2.75) is 39.3 Å². The number of rotatable bonds is 12. The minimum Gasteiger partial charge on any atom is -0.381 e. The molecule has 1 fully saturated rings. The first-order chi connectivity index (χ1) is 11.4. The van der Waals surface area contributed by atoms with E-state index >= 15 is 0 Å². The van der Waals surface area contributed by atoms with Crippen LogP contribution in [0.3, 0.4) is 0 Å². The summed E-state index contributed by atoms with van der Waals surface area (Å²) in [7, 11) is 0. The molecule has 5 heteroatoms. The van der Waals surface area contributed by atoms with E-state index in [0.717, 1.165) is 65.6 Å². The summed E-state index contributed by atoms with van der Waals surface area (Å²) in [6, 6.07) is 4.43. The highest BCUT2D eigenvalue weighted by molar-refractivity contribution is 5.05. The van der Waals surface area contributed by atoms with Crippen LogP contribution in [0.15, 0.2) is 18.3 Å². The van der Waals surface area contributed by atoms with Gasteiger partial charge in [-0.1, -0.05) is 13.3 Å². The molecular formula is C18H35N3O2+2. The third-order valence-electron chi connectivity index (χ3n) is 4.52. The van der Waals surface area contributed by atoms with Crippen LogP contribution >= 0.6 is 0 Å². The molecule has 0 aromatic carbocycles. The van der Waals surface area contributed by atoms with Gasteiger partial charge >= 0.3 is 0 Å². The third kappa shape index (κ3) is 7.48. The van der Waals surface area contributed by atoms with Gasteiger partial charge in [-0.05, 0) is 18.6 Å². The highest BCUT2D eigenvalue weighted by Gasteiger charge is 2.14. The lowest BCUT2D eigenvalue weighted by Gasteiger charge is -2.24. The van der Waals surface area contributed by atoms with Gasteiger partial charge in [-0.2, -0.15) is 0 Å². The topological polar surface area (TPSA) is 44.4 Å². The van der Waals surface area contributed by atoms with Crippen LogP contribution in [-0.2, 0) is 22.6 Å². The number of ether oxygens (including phenoxy) is 2. The first-order valence-corrected chi connectivity index (χ1v) is 9.35. The number of nitrogens with two attached hydrogens (primary N) is 1. The zero-order valence-electron chi connectivity index (χ0n) is 14.8. The molecule has 1 aromatic heterocycles. The number of hydrogen-bond acceptors (Lipinski definition) is 2. The zero-order valence-corrected chi connectivity index (χ0v) is 14.8. The van der Waals surface area contributed by atoms with Gasteiger partial charge in [0.15, 0.2) is 0 Å². The van der Waals surface area contributed by atoms with Crippen LogP contribution in [0.25, 0.3) is 0 Å². The Labute approximate surface area is 140 Å². The maximum Gasteiger partial charge on any atom is 0.116 e. The average Bonchev–Trinajstić information content (AvgIpc) is 3.04. The second-order valence-electron chi connectivity index (χ2n) is 6.41. The van der Waals surface area contributed by atoms with E-state index < -0.39 is 0 Å². The van der Waals surface area contributed by atoms with E-state index in [-0.39, 0.29) is 0 Å². The molecule has 1 aliphatic rings. The fourth-order valence-electron chi connectivity index (χ4n) is 2.97. The van der Waals surface area contributed by atoms with Gasteiger partial charge in [0, 0.05) is 19.2 Å². The molecule has 0 bridgehead atoms. The summed E-state index contributed by atoms with van der Waals surface area (Å²) < 4.78 is 13.4. The van der Waals surface area contributed by atoms with Gasteiger partial charge < -0.3 is 24.3 Å². The minimum absolute atomic E-state index is 0.901. The number of hydrogen-bond donors (Lipinski definition) is 2. The van der Waals surface area contributed by atoms with Crippen molar-refractivity contribution in [1.82, 2.24) is 4.57 Å². The predicted molar refractivity (Wildman–Crippen MR) is 91.7 cm³/mol. The molecule has 1 saturated heterocycles. The number of morpholine rings is 1. The number of quaternary nitrogens is 2. The molecule has 0 saturated carbocycles. The van der Waals surface area contributed by atoms with Crippen molar-refractivity contribution in [2.75, 3.05) is 52.6 Å². The Balaban J connectivity index is 1.56. The van der Waals surface area contributed by atoms with E-state index in [1.807, 2.05) is 0 Å². The van der Waals surface area contributed by atoms with Crippen LogP contribution < -0.4 is 10.2 Å². The summed E-state index contributed by atoms with van der Waals surface area (Å²) in [5, 5.41) is 2.40. The van der Waals surface area contributed by atoms with Crippen LogP contribution in [0.5, 0.6) is 0 Å². The van der Waals surface area contributed by atoms with Gasteiger partial charge in [0.25, 0.3) is 0 Å². The molecular weight excluding hydrogens is 290 g/mol. The molecule has 0 radical (unpaired) electrons. The molecule has 0 spiro atoms. The van der Waals surface area contributed by atoms with Crippen molar-refractivity contribution in [3.8, 4) is 0 Å². The summed E-state index contributed by atoms with van der Waals surface area (Å²) >= 11 is 0. The molecule has 0 atom stereocenters. The van der Waals surface area contributed by atoms with Gasteiger partial charge in [0.05, 0.1) is 45.1 Å². The van der Waals surface area contributed by atoms with Gasteiger partial charge in [-0.15, -0.1) is 0 Å². The van der Waals surface area contributed by atoms with Crippen molar-refractivity contribution in [2.24, 2.45) is 0 Å². The average molecular weight is 325 g/mol. The van der Waals surface area contributed by atoms with E-state index in [0.29, 0.717) is 0 Å². The maximum absolute atomic E-state index is 5.60. The number of nitrogens with one attached hydrogen (secondary N) is 1. The molecule has 1 aromatic rings. The van der Waals surface area contributed by atoms with Gasteiger partial charge in [0.2, 0.25) is 0 Å². The molecule has 1 aliphatic heterocycles. The summed E-state index contributed by atoms with van der Waals surface area (Å²) in [5.74, 6) is 0. The van der Waals surface area contributed by atoms with Crippen molar-refractivity contribution in [3.05, 3.63) is 24.0 Å². The largest absolute Gasteiger partial charge is 0.381 e. The van der Waals surface area contributed by atoms with Crippen LogP contribution in [-0.4, -0.2) is 57.2 Å². The first kappa shape index (κ1) is 18.5. The highest BCUT2D eigenvalue weighted by Crippen LogP contribution is 1.99. The van der Waals surface area contributed by atoms with Crippen LogP contribution in [0.1, 0.15) is 31.9 Å². The predicted octanol–water partition coefficient (Wildman–Crippen LogP) is -0.327. The van der Waals surface area contributed by atoms with Crippen LogP contribution in [0.4, 0.5) is 0 Å². The van der Waals surface area contributed by atoms with Crippen molar-refractivity contribution >= 4 is 0 Å². The van der Waals surface area contributed by atoms with Gasteiger partial charge in [-0.3, -0.25) is 0 Å². The Kier molecular flexibility index (Phi) is 9.33. The maximum atomic E-state index is 5.60. The van der Waals surface area contributed by atoms with Crippen LogP contribution in [0, 0.1) is 0 Å². The molecule has 0 amide bonds. The lowest BCUT2D eigenvalue weighted by molar-refractivity contribution is -0.908. The van der Waals surface area contributed by atoms with Crippen molar-refractivity contribution in [1.29, 1.82) is 0 Å². The molecule has 2 heterocycles. The second kappa shape index (κ2) is 11.6. The Bertz CT molecular complexity index is 403. The highest BCUT2D eigenvalue weighted by atomic mass is 16.5. The molecule has 132 valence electrons. The fourth-order valence-corrected chi connectivity index (χ4v) is 2.97. The van der Waals surface area contributed by atoms with E-state index in [2.05, 4.69) is 35.1 Å².